The third-order valence-corrected chi connectivity index (χ3v) is 2.45. The van der Waals surface area contributed by atoms with E-state index in [0.29, 0.717) is 12.0 Å². The van der Waals surface area contributed by atoms with Gasteiger partial charge < -0.3 is 20.7 Å². The van der Waals surface area contributed by atoms with Crippen LogP contribution in [0.15, 0.2) is 24.3 Å². The van der Waals surface area contributed by atoms with Crippen LogP contribution >= 0.6 is 0 Å². The van der Waals surface area contributed by atoms with Crippen LogP contribution in [0.3, 0.4) is 0 Å². The Morgan fingerprint density at radius 1 is 1.38 bits per heavy atom. The fourth-order valence-corrected chi connectivity index (χ4v) is 1.60. The van der Waals surface area contributed by atoms with Gasteiger partial charge >= 0.3 is 7.12 Å². The Morgan fingerprint density at radius 2 is 2.12 bits per heavy atom. The van der Waals surface area contributed by atoms with Crippen molar-refractivity contribution in [1.29, 1.82) is 0 Å². The molecule has 0 aliphatic rings. The van der Waals surface area contributed by atoms with Crippen molar-refractivity contribution >= 4 is 12.6 Å². The zero-order valence-electron chi connectivity index (χ0n) is 9.63. The topological polar surface area (TPSA) is 69.7 Å². The lowest BCUT2D eigenvalue weighted by atomic mass is 9.79. The van der Waals surface area contributed by atoms with Gasteiger partial charge in [0, 0.05) is 6.54 Å². The fraction of sp³-hybridized carbons (Fsp3) is 0.455. The number of rotatable bonds is 6. The zero-order chi connectivity index (χ0) is 12.0. The summed E-state index contributed by atoms with van der Waals surface area (Å²) in [5, 5.41) is 18.1. The summed E-state index contributed by atoms with van der Waals surface area (Å²) in [5.41, 5.74) is 7.05. The maximum Gasteiger partial charge on any atom is 0.488 e. The number of benzene rings is 1. The van der Waals surface area contributed by atoms with E-state index in [-0.39, 0.29) is 0 Å². The highest BCUT2D eigenvalue weighted by Crippen LogP contribution is 2.02. The molecule has 0 unspecified atom stereocenters. The minimum Gasteiger partial charge on any atom is -0.423 e. The summed E-state index contributed by atoms with van der Waals surface area (Å²) in [7, 11) is 0.631. The van der Waals surface area contributed by atoms with Crippen molar-refractivity contribution < 1.29 is 10.0 Å². The van der Waals surface area contributed by atoms with Crippen LogP contribution in [0.2, 0.25) is 0 Å². The van der Waals surface area contributed by atoms with E-state index in [9.17, 15) is 0 Å². The molecule has 0 atom stereocenters. The third-order valence-electron chi connectivity index (χ3n) is 2.45. The average Bonchev–Trinajstić information content (AvgIpc) is 2.26. The summed E-state index contributed by atoms with van der Waals surface area (Å²) >= 11 is 0. The molecule has 0 saturated carbocycles. The fourth-order valence-electron chi connectivity index (χ4n) is 1.60. The number of nitrogens with zero attached hydrogens (tertiary/aromatic N) is 1. The van der Waals surface area contributed by atoms with E-state index in [4.69, 9.17) is 15.8 Å². The van der Waals surface area contributed by atoms with Crippen LogP contribution in [-0.4, -0.2) is 42.2 Å². The minimum atomic E-state index is -1.39. The Bertz CT molecular complexity index is 321. The maximum atomic E-state index is 9.05. The van der Waals surface area contributed by atoms with Gasteiger partial charge in [-0.3, -0.25) is 0 Å². The van der Waals surface area contributed by atoms with Gasteiger partial charge in [0.2, 0.25) is 0 Å². The molecule has 0 bridgehead atoms. The molecular weight excluding hydrogens is 203 g/mol. The molecule has 1 aromatic rings. The molecule has 0 saturated heterocycles. The number of hydrogen-bond acceptors (Lipinski definition) is 4. The van der Waals surface area contributed by atoms with Gasteiger partial charge in [-0.15, -0.1) is 0 Å². The minimum absolute atomic E-state index is 0.532. The lowest BCUT2D eigenvalue weighted by Gasteiger charge is -2.16. The molecule has 0 aliphatic carbocycles. The molecule has 0 heterocycles. The first-order chi connectivity index (χ1) is 7.63. The number of hydrogen-bond donors (Lipinski definition) is 3. The second-order valence-corrected chi connectivity index (χ2v) is 4.00. The maximum absolute atomic E-state index is 9.05. The van der Waals surface area contributed by atoms with Crippen molar-refractivity contribution in [2.75, 3.05) is 20.1 Å². The quantitative estimate of drug-likeness (QED) is 0.548. The van der Waals surface area contributed by atoms with Crippen molar-refractivity contribution in [3.05, 3.63) is 29.8 Å². The van der Waals surface area contributed by atoms with Gasteiger partial charge in [0.15, 0.2) is 0 Å². The first-order valence-corrected chi connectivity index (χ1v) is 5.47. The average molecular weight is 222 g/mol. The highest BCUT2D eigenvalue weighted by molar-refractivity contribution is 6.58. The van der Waals surface area contributed by atoms with Crippen LogP contribution < -0.4 is 11.2 Å². The Kier molecular flexibility index (Phi) is 5.48. The molecule has 5 heteroatoms. The van der Waals surface area contributed by atoms with Crippen LogP contribution in [0.25, 0.3) is 0 Å². The normalized spacial score (nSPS) is 10.8. The molecule has 16 heavy (non-hydrogen) atoms. The zero-order valence-corrected chi connectivity index (χ0v) is 9.63. The van der Waals surface area contributed by atoms with E-state index in [1.165, 1.54) is 0 Å². The van der Waals surface area contributed by atoms with Gasteiger partial charge in [0.05, 0.1) is 0 Å². The highest BCUT2D eigenvalue weighted by atomic mass is 16.4. The summed E-state index contributed by atoms with van der Waals surface area (Å²) in [4.78, 5) is 2.16. The molecule has 0 spiro atoms. The largest absolute Gasteiger partial charge is 0.488 e. The summed E-state index contributed by atoms with van der Waals surface area (Å²) in [6.07, 6.45) is 0.971. The van der Waals surface area contributed by atoms with Crippen LogP contribution in [0.1, 0.15) is 12.0 Å². The van der Waals surface area contributed by atoms with E-state index in [2.05, 4.69) is 4.90 Å². The standard InChI is InChI=1S/C11H19BN2O2/c1-14(7-3-6-13)9-10-4-2-5-11(8-10)12(15)16/h2,4-5,8,15-16H,3,6-7,9,13H2,1H3. The Labute approximate surface area is 96.8 Å². The van der Waals surface area contributed by atoms with Crippen molar-refractivity contribution in [2.24, 2.45) is 5.73 Å². The van der Waals surface area contributed by atoms with E-state index in [1.807, 2.05) is 25.2 Å². The van der Waals surface area contributed by atoms with Gasteiger partial charge in [0.25, 0.3) is 0 Å². The van der Waals surface area contributed by atoms with Crippen LogP contribution in [0.4, 0.5) is 0 Å². The van der Waals surface area contributed by atoms with Crippen molar-refractivity contribution in [2.45, 2.75) is 13.0 Å². The molecule has 0 amide bonds. The first kappa shape index (κ1) is 13.2. The van der Waals surface area contributed by atoms with Crippen LogP contribution in [0, 0.1) is 0 Å². The van der Waals surface area contributed by atoms with Gasteiger partial charge in [-0.05, 0) is 37.6 Å². The van der Waals surface area contributed by atoms with Gasteiger partial charge in [-0.1, -0.05) is 24.3 Å². The number of nitrogens with two attached hydrogens (primary N) is 1. The molecule has 1 rings (SSSR count). The predicted molar refractivity (Wildman–Crippen MR) is 66.3 cm³/mol. The molecule has 4 nitrogen and oxygen atoms in total. The molecule has 0 radical (unpaired) electrons. The van der Waals surface area contributed by atoms with Crippen molar-refractivity contribution in [3.8, 4) is 0 Å². The molecule has 0 aliphatic heterocycles. The van der Waals surface area contributed by atoms with Crippen LogP contribution in [-0.2, 0) is 6.54 Å². The van der Waals surface area contributed by atoms with Crippen molar-refractivity contribution in [1.82, 2.24) is 4.90 Å². The lowest BCUT2D eigenvalue weighted by molar-refractivity contribution is 0.324. The smallest absolute Gasteiger partial charge is 0.423 e. The molecular formula is C11H19BN2O2. The predicted octanol–water partition coefficient (Wildman–Crippen LogP) is -0.853. The summed E-state index contributed by atoms with van der Waals surface area (Å²) in [6, 6.07) is 7.32. The molecule has 0 aromatic heterocycles. The Morgan fingerprint density at radius 3 is 2.75 bits per heavy atom. The van der Waals surface area contributed by atoms with E-state index in [0.717, 1.165) is 25.1 Å². The van der Waals surface area contributed by atoms with Gasteiger partial charge in [-0.25, -0.2) is 0 Å². The summed E-state index contributed by atoms with van der Waals surface area (Å²) < 4.78 is 0. The van der Waals surface area contributed by atoms with Gasteiger partial charge in [0.1, 0.15) is 0 Å². The second kappa shape index (κ2) is 6.65. The first-order valence-electron chi connectivity index (χ1n) is 5.47. The summed E-state index contributed by atoms with van der Waals surface area (Å²) in [5.74, 6) is 0. The third kappa shape index (κ3) is 4.32. The lowest BCUT2D eigenvalue weighted by Crippen LogP contribution is -2.30. The van der Waals surface area contributed by atoms with Crippen LogP contribution in [0.5, 0.6) is 0 Å². The van der Waals surface area contributed by atoms with E-state index >= 15 is 0 Å². The monoisotopic (exact) mass is 222 g/mol. The summed E-state index contributed by atoms with van der Waals surface area (Å²) in [6.45, 7) is 2.43. The molecule has 4 N–H and O–H groups in total. The highest BCUT2D eigenvalue weighted by Gasteiger charge is 2.11. The second-order valence-electron chi connectivity index (χ2n) is 4.00. The van der Waals surface area contributed by atoms with E-state index in [1.54, 1.807) is 6.07 Å². The van der Waals surface area contributed by atoms with Crippen molar-refractivity contribution in [3.63, 3.8) is 0 Å². The van der Waals surface area contributed by atoms with Gasteiger partial charge in [-0.2, -0.15) is 0 Å². The Balaban J connectivity index is 2.56. The molecule has 0 fully saturated rings. The molecule has 1 aromatic carbocycles. The SMILES string of the molecule is CN(CCCN)Cc1cccc(B(O)O)c1. The van der Waals surface area contributed by atoms with E-state index < -0.39 is 7.12 Å². The molecule has 88 valence electrons. The Hall–Kier alpha value is -0.875.